The van der Waals surface area contributed by atoms with E-state index in [1.807, 2.05) is 29.8 Å². The zero-order valence-electron chi connectivity index (χ0n) is 12.0. The van der Waals surface area contributed by atoms with E-state index in [9.17, 15) is 5.11 Å². The van der Waals surface area contributed by atoms with Gasteiger partial charge in [0.05, 0.1) is 16.4 Å². The molecule has 0 saturated heterocycles. The SMILES string of the molecule is CCCn1ncc(Br)c1C(O)(CC)Cc1ccccc1. The van der Waals surface area contributed by atoms with Gasteiger partial charge in [-0.25, -0.2) is 0 Å². The second-order valence-electron chi connectivity index (χ2n) is 5.11. The van der Waals surface area contributed by atoms with Gasteiger partial charge in [0.25, 0.3) is 0 Å². The first-order chi connectivity index (χ1) is 9.60. The van der Waals surface area contributed by atoms with Crippen molar-refractivity contribution in [2.24, 2.45) is 0 Å². The first kappa shape index (κ1) is 15.3. The highest BCUT2D eigenvalue weighted by atomic mass is 79.9. The Morgan fingerprint density at radius 3 is 2.55 bits per heavy atom. The van der Waals surface area contributed by atoms with Crippen molar-refractivity contribution in [1.82, 2.24) is 9.78 Å². The van der Waals surface area contributed by atoms with Gasteiger partial charge in [0.1, 0.15) is 5.60 Å². The number of aliphatic hydroxyl groups is 1. The van der Waals surface area contributed by atoms with Crippen LogP contribution in [0.2, 0.25) is 0 Å². The molecule has 1 N–H and O–H groups in total. The van der Waals surface area contributed by atoms with Crippen molar-refractivity contribution in [2.45, 2.75) is 45.3 Å². The number of aromatic nitrogens is 2. The van der Waals surface area contributed by atoms with Gasteiger partial charge in [0.15, 0.2) is 0 Å². The van der Waals surface area contributed by atoms with Crippen LogP contribution >= 0.6 is 15.9 Å². The number of halogens is 1. The molecular weight excluding hydrogens is 316 g/mol. The molecule has 4 heteroatoms. The minimum absolute atomic E-state index is 0.596. The van der Waals surface area contributed by atoms with Gasteiger partial charge in [-0.3, -0.25) is 4.68 Å². The number of benzene rings is 1. The summed E-state index contributed by atoms with van der Waals surface area (Å²) in [6.07, 6.45) is 4.01. The van der Waals surface area contributed by atoms with E-state index < -0.39 is 5.60 Å². The Kier molecular flexibility index (Phi) is 5.00. The summed E-state index contributed by atoms with van der Waals surface area (Å²) >= 11 is 3.53. The van der Waals surface area contributed by atoms with Gasteiger partial charge in [-0.05, 0) is 34.3 Å². The van der Waals surface area contributed by atoms with E-state index in [0.717, 1.165) is 28.7 Å². The molecule has 0 bridgehead atoms. The van der Waals surface area contributed by atoms with Crippen molar-refractivity contribution < 1.29 is 5.11 Å². The van der Waals surface area contributed by atoms with E-state index in [-0.39, 0.29) is 0 Å². The van der Waals surface area contributed by atoms with E-state index in [0.29, 0.717) is 12.8 Å². The fourth-order valence-corrected chi connectivity index (χ4v) is 3.18. The quantitative estimate of drug-likeness (QED) is 0.868. The molecule has 2 rings (SSSR count). The van der Waals surface area contributed by atoms with Gasteiger partial charge in [0, 0.05) is 13.0 Å². The number of aryl methyl sites for hydroxylation is 1. The molecule has 0 aliphatic carbocycles. The Morgan fingerprint density at radius 2 is 1.95 bits per heavy atom. The molecule has 0 fully saturated rings. The molecule has 1 heterocycles. The predicted molar refractivity (Wildman–Crippen MR) is 84.6 cm³/mol. The fraction of sp³-hybridized carbons (Fsp3) is 0.438. The van der Waals surface area contributed by atoms with Gasteiger partial charge in [-0.15, -0.1) is 0 Å². The normalized spacial score (nSPS) is 14.2. The first-order valence-electron chi connectivity index (χ1n) is 7.08. The van der Waals surface area contributed by atoms with Crippen LogP contribution in [0.1, 0.15) is 37.9 Å². The van der Waals surface area contributed by atoms with Crippen molar-refractivity contribution in [3.63, 3.8) is 0 Å². The lowest BCUT2D eigenvalue weighted by molar-refractivity contribution is 0.0227. The molecule has 1 aromatic heterocycles. The summed E-state index contributed by atoms with van der Waals surface area (Å²) < 4.78 is 2.79. The highest BCUT2D eigenvalue weighted by Crippen LogP contribution is 2.34. The van der Waals surface area contributed by atoms with E-state index >= 15 is 0 Å². The smallest absolute Gasteiger partial charge is 0.111 e. The van der Waals surface area contributed by atoms with Gasteiger partial charge < -0.3 is 5.11 Å². The van der Waals surface area contributed by atoms with Crippen LogP contribution in [0.15, 0.2) is 41.0 Å². The van der Waals surface area contributed by atoms with Crippen LogP contribution in [0.25, 0.3) is 0 Å². The van der Waals surface area contributed by atoms with Crippen molar-refractivity contribution >= 4 is 15.9 Å². The van der Waals surface area contributed by atoms with Crippen LogP contribution < -0.4 is 0 Å². The molecule has 0 saturated carbocycles. The first-order valence-corrected chi connectivity index (χ1v) is 7.88. The minimum atomic E-state index is -0.897. The second kappa shape index (κ2) is 6.55. The standard InChI is InChI=1S/C16H21BrN2O/c1-3-10-19-15(14(17)12-18-19)16(20,4-2)11-13-8-6-5-7-9-13/h5-9,12,20H,3-4,10-11H2,1-2H3. The van der Waals surface area contributed by atoms with Gasteiger partial charge in [-0.2, -0.15) is 5.10 Å². The van der Waals surface area contributed by atoms with Gasteiger partial charge in [0.2, 0.25) is 0 Å². The molecule has 0 spiro atoms. The molecule has 20 heavy (non-hydrogen) atoms. The third kappa shape index (κ3) is 3.13. The van der Waals surface area contributed by atoms with Crippen LogP contribution in [0.4, 0.5) is 0 Å². The highest BCUT2D eigenvalue weighted by Gasteiger charge is 2.33. The molecule has 0 amide bonds. The summed E-state index contributed by atoms with van der Waals surface area (Å²) in [4.78, 5) is 0. The topological polar surface area (TPSA) is 38.0 Å². The van der Waals surface area contributed by atoms with Crippen molar-refractivity contribution in [1.29, 1.82) is 0 Å². The van der Waals surface area contributed by atoms with Crippen molar-refractivity contribution in [3.8, 4) is 0 Å². The second-order valence-corrected chi connectivity index (χ2v) is 5.97. The van der Waals surface area contributed by atoms with Gasteiger partial charge >= 0.3 is 0 Å². The summed E-state index contributed by atoms with van der Waals surface area (Å²) in [5.74, 6) is 0. The maximum atomic E-state index is 11.1. The summed E-state index contributed by atoms with van der Waals surface area (Å²) in [6, 6.07) is 10.1. The van der Waals surface area contributed by atoms with Crippen LogP contribution in [-0.2, 0) is 18.6 Å². The Hall–Kier alpha value is -1.13. The number of rotatable bonds is 6. The Balaban J connectivity index is 2.37. The Labute approximate surface area is 128 Å². The van der Waals surface area contributed by atoms with Crippen LogP contribution in [0.3, 0.4) is 0 Å². The fourth-order valence-electron chi connectivity index (χ4n) is 2.52. The Bertz CT molecular complexity index is 553. The van der Waals surface area contributed by atoms with E-state index in [2.05, 4.69) is 40.1 Å². The van der Waals surface area contributed by atoms with Crippen molar-refractivity contribution in [2.75, 3.05) is 0 Å². The summed E-state index contributed by atoms with van der Waals surface area (Å²) in [5, 5.41) is 15.5. The molecule has 108 valence electrons. The molecular formula is C16H21BrN2O. The lowest BCUT2D eigenvalue weighted by atomic mass is 9.88. The molecule has 3 nitrogen and oxygen atoms in total. The number of hydrogen-bond acceptors (Lipinski definition) is 2. The molecule has 0 radical (unpaired) electrons. The highest BCUT2D eigenvalue weighted by molar-refractivity contribution is 9.10. The molecule has 0 aliphatic heterocycles. The largest absolute Gasteiger partial charge is 0.383 e. The zero-order valence-corrected chi connectivity index (χ0v) is 13.6. The average molecular weight is 337 g/mol. The maximum Gasteiger partial charge on any atom is 0.111 e. The lowest BCUT2D eigenvalue weighted by Gasteiger charge is -2.28. The van der Waals surface area contributed by atoms with Crippen LogP contribution in [-0.4, -0.2) is 14.9 Å². The zero-order chi connectivity index (χ0) is 14.6. The summed E-state index contributed by atoms with van der Waals surface area (Å²) in [7, 11) is 0. The van der Waals surface area contributed by atoms with Crippen LogP contribution in [0.5, 0.6) is 0 Å². The molecule has 1 unspecified atom stereocenters. The molecule has 2 aromatic rings. The third-order valence-electron chi connectivity index (χ3n) is 3.60. The average Bonchev–Trinajstić information content (AvgIpc) is 2.82. The predicted octanol–water partition coefficient (Wildman–Crippen LogP) is 3.90. The van der Waals surface area contributed by atoms with E-state index in [1.54, 1.807) is 6.20 Å². The lowest BCUT2D eigenvalue weighted by Crippen LogP contribution is -2.31. The molecule has 1 atom stereocenters. The molecule has 0 aliphatic rings. The van der Waals surface area contributed by atoms with Crippen molar-refractivity contribution in [3.05, 3.63) is 52.3 Å². The van der Waals surface area contributed by atoms with E-state index in [4.69, 9.17) is 0 Å². The Morgan fingerprint density at radius 1 is 1.25 bits per heavy atom. The third-order valence-corrected chi connectivity index (χ3v) is 4.18. The van der Waals surface area contributed by atoms with Crippen LogP contribution in [0, 0.1) is 0 Å². The summed E-state index contributed by atoms with van der Waals surface area (Å²) in [6.45, 7) is 4.94. The van der Waals surface area contributed by atoms with E-state index in [1.165, 1.54) is 0 Å². The van der Waals surface area contributed by atoms with Gasteiger partial charge in [-0.1, -0.05) is 44.2 Å². The number of nitrogens with zero attached hydrogens (tertiary/aromatic N) is 2. The number of hydrogen-bond donors (Lipinski definition) is 1. The maximum absolute atomic E-state index is 11.1. The molecule has 1 aromatic carbocycles. The minimum Gasteiger partial charge on any atom is -0.383 e. The monoisotopic (exact) mass is 336 g/mol. The summed E-state index contributed by atoms with van der Waals surface area (Å²) in [5.41, 5.74) is 1.12.